The molecular weight excluding hydrogens is 414 g/mol. The van der Waals surface area contributed by atoms with Gasteiger partial charge in [-0.05, 0) is 62.6 Å². The molecule has 9 heteroatoms. The van der Waals surface area contributed by atoms with E-state index in [1.54, 1.807) is 64.3 Å². The molecule has 0 saturated heterocycles. The Kier molecular flexibility index (Phi) is 6.26. The van der Waals surface area contributed by atoms with Crippen molar-refractivity contribution in [2.45, 2.75) is 32.6 Å². The molecule has 2 N–H and O–H groups in total. The lowest BCUT2D eigenvalue weighted by molar-refractivity contribution is 0.101. The van der Waals surface area contributed by atoms with Crippen molar-refractivity contribution in [2.24, 2.45) is 12.1 Å². The van der Waals surface area contributed by atoms with Crippen LogP contribution in [0.15, 0.2) is 58.7 Å². The molecule has 0 aliphatic rings. The Morgan fingerprint density at radius 1 is 1.06 bits per heavy atom. The number of amides is 1. The first kappa shape index (κ1) is 22.2. The Labute approximate surface area is 182 Å². The summed E-state index contributed by atoms with van der Waals surface area (Å²) in [4.78, 5) is 14.9. The van der Waals surface area contributed by atoms with Crippen LogP contribution in [0.25, 0.3) is 0 Å². The third-order valence-electron chi connectivity index (χ3n) is 4.80. The van der Waals surface area contributed by atoms with Crippen LogP contribution in [-0.4, -0.2) is 29.8 Å². The number of aromatic nitrogens is 2. The van der Waals surface area contributed by atoms with E-state index in [2.05, 4.69) is 20.3 Å². The Bertz CT molecular complexity index is 1250. The number of hydrogen-bond donors (Lipinski definition) is 2. The molecule has 0 radical (unpaired) electrons. The Morgan fingerprint density at radius 3 is 2.35 bits per heavy atom. The summed E-state index contributed by atoms with van der Waals surface area (Å²) in [7, 11) is -2.14. The summed E-state index contributed by atoms with van der Waals surface area (Å²) in [5.41, 5.74) is 4.44. The van der Waals surface area contributed by atoms with E-state index in [9.17, 15) is 13.2 Å². The largest absolute Gasteiger partial charge is 0.321 e. The summed E-state index contributed by atoms with van der Waals surface area (Å²) >= 11 is 0. The normalized spacial score (nSPS) is 12.0. The summed E-state index contributed by atoms with van der Waals surface area (Å²) in [6.45, 7) is 7.14. The zero-order valence-electron chi connectivity index (χ0n) is 18.1. The van der Waals surface area contributed by atoms with E-state index in [-0.39, 0.29) is 10.8 Å². The van der Waals surface area contributed by atoms with Crippen LogP contribution in [0, 0.1) is 20.8 Å². The average Bonchev–Trinajstić information content (AvgIpc) is 3.11. The highest BCUT2D eigenvalue weighted by molar-refractivity contribution is 7.89. The number of benzene rings is 2. The molecule has 162 valence electrons. The lowest BCUT2D eigenvalue weighted by Crippen LogP contribution is -2.22. The minimum absolute atomic E-state index is 0.229. The predicted octanol–water partition coefficient (Wildman–Crippen LogP) is 3.30. The lowest BCUT2D eigenvalue weighted by Gasteiger charge is -2.12. The van der Waals surface area contributed by atoms with E-state index in [4.69, 9.17) is 0 Å². The number of carbonyl (C=O) groups is 1. The van der Waals surface area contributed by atoms with Crippen molar-refractivity contribution in [3.63, 3.8) is 0 Å². The van der Waals surface area contributed by atoms with Gasteiger partial charge in [-0.3, -0.25) is 9.48 Å². The van der Waals surface area contributed by atoms with Crippen molar-refractivity contribution in [3.8, 4) is 0 Å². The predicted molar refractivity (Wildman–Crippen MR) is 121 cm³/mol. The third kappa shape index (κ3) is 5.00. The quantitative estimate of drug-likeness (QED) is 0.454. The number of hydrogen-bond acceptors (Lipinski definition) is 5. The number of rotatable bonds is 6. The number of aryl methyl sites for hydroxylation is 4. The molecule has 0 fully saturated rings. The molecule has 8 nitrogen and oxygen atoms in total. The van der Waals surface area contributed by atoms with Crippen molar-refractivity contribution in [3.05, 3.63) is 76.6 Å². The molecule has 3 rings (SSSR count). The number of carbonyl (C=O) groups excluding carboxylic acids is 1. The smallest absolute Gasteiger partial charge is 0.277 e. The summed E-state index contributed by atoms with van der Waals surface area (Å²) < 4.78 is 27.1. The monoisotopic (exact) mass is 439 g/mol. The molecule has 1 aromatic heterocycles. The Balaban J connectivity index is 1.80. The first-order valence-electron chi connectivity index (χ1n) is 9.62. The van der Waals surface area contributed by atoms with Gasteiger partial charge in [-0.1, -0.05) is 29.8 Å². The van der Waals surface area contributed by atoms with E-state index < -0.39 is 10.0 Å². The van der Waals surface area contributed by atoms with Crippen molar-refractivity contribution >= 4 is 27.3 Å². The van der Waals surface area contributed by atoms with E-state index >= 15 is 0 Å². The fourth-order valence-electron chi connectivity index (χ4n) is 3.44. The summed E-state index contributed by atoms with van der Waals surface area (Å²) in [6.07, 6.45) is 1.55. The zero-order valence-corrected chi connectivity index (χ0v) is 18.9. The fraction of sp³-hybridized carbons (Fsp3) is 0.227. The second kappa shape index (κ2) is 8.73. The lowest BCUT2D eigenvalue weighted by atomic mass is 10.1. The maximum Gasteiger partial charge on any atom is 0.277 e. The number of sulfonamides is 1. The van der Waals surface area contributed by atoms with Gasteiger partial charge in [0.25, 0.3) is 15.9 Å². The highest BCUT2D eigenvalue weighted by Crippen LogP contribution is 2.21. The minimum Gasteiger partial charge on any atom is -0.321 e. The molecule has 0 bridgehead atoms. The number of hydrazone groups is 1. The minimum atomic E-state index is -3.82. The number of nitrogens with one attached hydrogen (secondary N) is 2. The standard InChI is InChI=1S/C22H25N5O3S/c1-14-11-15(2)21(16(3)12-14)31(29,30)26-25-17(4)18-7-6-8-19(13-18)24-22(28)20-9-10-23-27(20)5/h6-13,26H,1-5H3,(H,24,28)/b25-17-. The van der Waals surface area contributed by atoms with Gasteiger partial charge in [-0.15, -0.1) is 0 Å². The number of nitrogens with zero attached hydrogens (tertiary/aromatic N) is 3. The van der Waals surface area contributed by atoms with Gasteiger partial charge in [0, 0.05) is 18.9 Å². The van der Waals surface area contributed by atoms with Crippen LogP contribution in [0.3, 0.4) is 0 Å². The van der Waals surface area contributed by atoms with E-state index in [0.717, 1.165) is 5.56 Å². The molecule has 0 atom stereocenters. The average molecular weight is 440 g/mol. The third-order valence-corrected chi connectivity index (χ3v) is 6.31. The molecule has 2 aromatic carbocycles. The van der Waals surface area contributed by atoms with Gasteiger partial charge in [0.2, 0.25) is 0 Å². The molecule has 0 aliphatic carbocycles. The van der Waals surface area contributed by atoms with Gasteiger partial charge in [-0.25, -0.2) is 0 Å². The van der Waals surface area contributed by atoms with E-state index in [1.165, 1.54) is 4.68 Å². The van der Waals surface area contributed by atoms with Crippen molar-refractivity contribution < 1.29 is 13.2 Å². The van der Waals surface area contributed by atoms with Gasteiger partial charge in [0.05, 0.1) is 10.6 Å². The van der Waals surface area contributed by atoms with Crippen molar-refractivity contribution in [1.29, 1.82) is 0 Å². The Hall–Kier alpha value is -3.46. The molecule has 1 amide bonds. The summed E-state index contributed by atoms with van der Waals surface area (Å²) in [6, 6.07) is 12.3. The maximum absolute atomic E-state index is 12.8. The van der Waals surface area contributed by atoms with Crippen molar-refractivity contribution in [1.82, 2.24) is 14.6 Å². The second-order valence-electron chi connectivity index (χ2n) is 7.39. The van der Waals surface area contributed by atoms with Crippen LogP contribution in [0.1, 0.15) is 39.7 Å². The molecule has 1 heterocycles. The summed E-state index contributed by atoms with van der Waals surface area (Å²) in [5, 5.41) is 10.9. The first-order valence-corrected chi connectivity index (χ1v) is 11.1. The van der Waals surface area contributed by atoms with E-state index in [0.29, 0.717) is 33.8 Å². The SMILES string of the molecule is C/C(=N/NS(=O)(=O)c1c(C)cc(C)cc1C)c1cccc(NC(=O)c2ccnn2C)c1. The van der Waals surface area contributed by atoms with Crippen LogP contribution < -0.4 is 10.1 Å². The van der Waals surface area contributed by atoms with Crippen LogP contribution in [0.2, 0.25) is 0 Å². The van der Waals surface area contributed by atoms with Crippen LogP contribution in [0.4, 0.5) is 5.69 Å². The van der Waals surface area contributed by atoms with Gasteiger partial charge >= 0.3 is 0 Å². The highest BCUT2D eigenvalue weighted by atomic mass is 32.2. The Morgan fingerprint density at radius 2 is 1.74 bits per heavy atom. The van der Waals surface area contributed by atoms with Gasteiger partial charge in [0.15, 0.2) is 0 Å². The maximum atomic E-state index is 12.8. The molecule has 0 unspecified atom stereocenters. The molecule has 3 aromatic rings. The van der Waals surface area contributed by atoms with Crippen LogP contribution in [0.5, 0.6) is 0 Å². The fourth-order valence-corrected chi connectivity index (χ4v) is 4.76. The van der Waals surface area contributed by atoms with Crippen LogP contribution >= 0.6 is 0 Å². The van der Waals surface area contributed by atoms with Gasteiger partial charge in [0.1, 0.15) is 5.69 Å². The molecule has 0 saturated carbocycles. The topological polar surface area (TPSA) is 105 Å². The first-order chi connectivity index (χ1) is 14.6. The van der Waals surface area contributed by atoms with Crippen LogP contribution in [-0.2, 0) is 17.1 Å². The van der Waals surface area contributed by atoms with Crippen molar-refractivity contribution in [2.75, 3.05) is 5.32 Å². The van der Waals surface area contributed by atoms with Gasteiger partial charge < -0.3 is 5.32 Å². The van der Waals surface area contributed by atoms with Gasteiger partial charge in [-0.2, -0.15) is 23.4 Å². The molecule has 0 spiro atoms. The number of anilines is 1. The molecular formula is C22H25N5O3S. The molecule has 31 heavy (non-hydrogen) atoms. The summed E-state index contributed by atoms with van der Waals surface area (Å²) in [5.74, 6) is -0.294. The highest BCUT2D eigenvalue weighted by Gasteiger charge is 2.19. The van der Waals surface area contributed by atoms with E-state index in [1.807, 2.05) is 19.1 Å². The second-order valence-corrected chi connectivity index (χ2v) is 8.99. The zero-order chi connectivity index (χ0) is 22.8. The molecule has 0 aliphatic heterocycles.